The van der Waals surface area contributed by atoms with Gasteiger partial charge in [0, 0.05) is 41.1 Å². The van der Waals surface area contributed by atoms with Crippen LogP contribution in [0.5, 0.6) is 0 Å². The monoisotopic (exact) mass is 267 g/mol. The van der Waals surface area contributed by atoms with E-state index >= 15 is 0 Å². The molecule has 0 saturated carbocycles. The Morgan fingerprint density at radius 1 is 1.25 bits per heavy atom. The number of nitrogen functional groups attached to an aromatic ring is 1. The maximum absolute atomic E-state index is 6.03. The van der Waals surface area contributed by atoms with Crippen LogP contribution in [0.4, 0.5) is 11.4 Å². The molecule has 0 aliphatic rings. The molecule has 0 unspecified atom stereocenters. The highest BCUT2D eigenvalue weighted by atomic mass is 16.3. The molecule has 0 aliphatic heterocycles. The molecule has 0 fully saturated rings. The summed E-state index contributed by atoms with van der Waals surface area (Å²) in [6.07, 6.45) is 3.53. The van der Waals surface area contributed by atoms with E-state index < -0.39 is 0 Å². The Bertz CT molecular complexity index is 735. The van der Waals surface area contributed by atoms with Gasteiger partial charge in [0.15, 0.2) is 0 Å². The predicted octanol–water partition coefficient (Wildman–Crippen LogP) is 3.35. The first-order valence-electron chi connectivity index (χ1n) is 6.53. The number of pyridine rings is 1. The zero-order valence-electron chi connectivity index (χ0n) is 11.6. The van der Waals surface area contributed by atoms with Gasteiger partial charge >= 0.3 is 0 Å². The smallest absolute Gasteiger partial charge is 0.123 e. The average Bonchev–Trinajstić information content (AvgIpc) is 2.91. The lowest BCUT2D eigenvalue weighted by Gasteiger charge is -2.20. The maximum Gasteiger partial charge on any atom is 0.123 e. The van der Waals surface area contributed by atoms with Crippen molar-refractivity contribution in [3.8, 4) is 0 Å². The Kier molecular flexibility index (Phi) is 3.06. The normalized spacial score (nSPS) is 10.9. The van der Waals surface area contributed by atoms with Crippen LogP contribution in [-0.4, -0.2) is 12.0 Å². The first kappa shape index (κ1) is 12.5. The van der Waals surface area contributed by atoms with Crippen molar-refractivity contribution in [1.29, 1.82) is 0 Å². The molecule has 0 atom stereocenters. The Morgan fingerprint density at radius 2 is 2.10 bits per heavy atom. The van der Waals surface area contributed by atoms with Crippen molar-refractivity contribution in [3.63, 3.8) is 0 Å². The van der Waals surface area contributed by atoms with Crippen LogP contribution < -0.4 is 10.6 Å². The molecule has 0 bridgehead atoms. The number of fused-ring (bicyclic) bond motifs is 1. The Hall–Kier alpha value is -2.49. The summed E-state index contributed by atoms with van der Waals surface area (Å²) in [5, 5.41) is 2.10. The molecule has 4 nitrogen and oxygen atoms in total. The van der Waals surface area contributed by atoms with Crippen LogP contribution in [0.1, 0.15) is 11.5 Å². The lowest BCUT2D eigenvalue weighted by molar-refractivity contribution is 0.508. The molecule has 2 heterocycles. The lowest BCUT2D eigenvalue weighted by Crippen LogP contribution is -2.16. The minimum absolute atomic E-state index is 0.716. The molecule has 3 aromatic rings. The molecule has 4 heteroatoms. The molecule has 2 aromatic heterocycles. The van der Waals surface area contributed by atoms with E-state index in [1.165, 1.54) is 0 Å². The lowest BCUT2D eigenvalue weighted by atomic mass is 10.1. The van der Waals surface area contributed by atoms with E-state index in [0.29, 0.717) is 6.54 Å². The Labute approximate surface area is 117 Å². The molecular weight excluding hydrogens is 250 g/mol. The van der Waals surface area contributed by atoms with Gasteiger partial charge in [-0.05, 0) is 37.3 Å². The molecule has 102 valence electrons. The van der Waals surface area contributed by atoms with E-state index in [4.69, 9.17) is 10.2 Å². The molecule has 0 aliphatic carbocycles. The van der Waals surface area contributed by atoms with Crippen LogP contribution in [0.25, 0.3) is 10.8 Å². The second-order valence-electron chi connectivity index (χ2n) is 4.98. The van der Waals surface area contributed by atoms with Gasteiger partial charge in [-0.15, -0.1) is 0 Å². The van der Waals surface area contributed by atoms with E-state index in [0.717, 1.165) is 33.6 Å². The largest absolute Gasteiger partial charge is 0.467 e. The highest BCUT2D eigenvalue weighted by Crippen LogP contribution is 2.31. The van der Waals surface area contributed by atoms with Gasteiger partial charge in [-0.1, -0.05) is 0 Å². The number of rotatable bonds is 3. The molecule has 2 N–H and O–H groups in total. The van der Waals surface area contributed by atoms with Gasteiger partial charge in [-0.25, -0.2) is 0 Å². The van der Waals surface area contributed by atoms with Gasteiger partial charge in [0.05, 0.1) is 12.8 Å². The summed E-state index contributed by atoms with van der Waals surface area (Å²) in [6.45, 7) is 2.70. The third-order valence-corrected chi connectivity index (χ3v) is 3.43. The molecular formula is C16H17N3O. The van der Waals surface area contributed by atoms with Crippen molar-refractivity contribution in [1.82, 2.24) is 4.98 Å². The van der Waals surface area contributed by atoms with Crippen LogP contribution in [0.3, 0.4) is 0 Å². The van der Waals surface area contributed by atoms with Gasteiger partial charge in [0.25, 0.3) is 0 Å². The van der Waals surface area contributed by atoms with Gasteiger partial charge in [0.2, 0.25) is 0 Å². The number of benzene rings is 1. The number of anilines is 2. The van der Waals surface area contributed by atoms with Crippen LogP contribution in [0.15, 0.2) is 47.2 Å². The Balaban J connectivity index is 2.06. The van der Waals surface area contributed by atoms with Crippen molar-refractivity contribution in [2.24, 2.45) is 0 Å². The molecule has 0 spiro atoms. The molecule has 0 saturated heterocycles. The van der Waals surface area contributed by atoms with Crippen molar-refractivity contribution in [2.45, 2.75) is 13.5 Å². The molecule has 0 amide bonds. The molecule has 1 aromatic carbocycles. The van der Waals surface area contributed by atoms with Gasteiger partial charge in [-0.2, -0.15) is 0 Å². The zero-order valence-corrected chi connectivity index (χ0v) is 11.6. The summed E-state index contributed by atoms with van der Waals surface area (Å²) in [4.78, 5) is 6.48. The second-order valence-corrected chi connectivity index (χ2v) is 4.98. The number of nitrogens with zero attached hydrogens (tertiary/aromatic N) is 2. The standard InChI is InChI=1S/C16H17N3O/c1-11-8-13-14(9-18-11)15(17)5-6-16(13)19(2)10-12-4-3-7-20-12/h3-9H,10,17H2,1-2H3. The fraction of sp³-hybridized carbons (Fsp3) is 0.188. The van der Waals surface area contributed by atoms with E-state index in [9.17, 15) is 0 Å². The van der Waals surface area contributed by atoms with Crippen molar-refractivity contribution in [2.75, 3.05) is 17.7 Å². The topological polar surface area (TPSA) is 55.3 Å². The van der Waals surface area contributed by atoms with Crippen LogP contribution in [-0.2, 0) is 6.54 Å². The Morgan fingerprint density at radius 3 is 2.85 bits per heavy atom. The van der Waals surface area contributed by atoms with E-state index in [-0.39, 0.29) is 0 Å². The second kappa shape index (κ2) is 4.89. The van der Waals surface area contributed by atoms with Crippen molar-refractivity contribution < 1.29 is 4.42 Å². The van der Waals surface area contributed by atoms with E-state index in [1.54, 1.807) is 6.26 Å². The number of hydrogen-bond donors (Lipinski definition) is 1. The SMILES string of the molecule is Cc1cc2c(N(C)Cc3ccco3)ccc(N)c2cn1. The minimum atomic E-state index is 0.716. The van der Waals surface area contributed by atoms with Crippen LogP contribution >= 0.6 is 0 Å². The van der Waals surface area contributed by atoms with Crippen molar-refractivity contribution >= 4 is 22.1 Å². The first-order chi connectivity index (χ1) is 9.65. The highest BCUT2D eigenvalue weighted by molar-refractivity contribution is 6.01. The summed E-state index contributed by atoms with van der Waals surface area (Å²) in [7, 11) is 2.04. The molecule has 0 radical (unpaired) electrons. The van der Waals surface area contributed by atoms with Gasteiger partial charge in [-0.3, -0.25) is 4.98 Å². The quantitative estimate of drug-likeness (QED) is 0.739. The zero-order chi connectivity index (χ0) is 14.1. The van der Waals surface area contributed by atoms with Gasteiger partial charge in [0.1, 0.15) is 5.76 Å². The number of hydrogen-bond acceptors (Lipinski definition) is 4. The van der Waals surface area contributed by atoms with Gasteiger partial charge < -0.3 is 15.1 Å². The summed E-state index contributed by atoms with van der Waals surface area (Å²) < 4.78 is 5.41. The summed E-state index contributed by atoms with van der Waals surface area (Å²) in [5.74, 6) is 0.934. The van der Waals surface area contributed by atoms with Crippen molar-refractivity contribution in [3.05, 3.63) is 54.2 Å². The predicted molar refractivity (Wildman–Crippen MR) is 81.7 cm³/mol. The fourth-order valence-electron chi connectivity index (χ4n) is 2.40. The summed E-state index contributed by atoms with van der Waals surface area (Å²) in [6, 6.07) is 9.91. The number of furan rings is 1. The van der Waals surface area contributed by atoms with E-state index in [2.05, 4.69) is 16.0 Å². The first-order valence-corrected chi connectivity index (χ1v) is 6.53. The third-order valence-electron chi connectivity index (χ3n) is 3.43. The van der Waals surface area contributed by atoms with E-state index in [1.807, 2.05) is 44.4 Å². The summed E-state index contributed by atoms with van der Waals surface area (Å²) >= 11 is 0. The average molecular weight is 267 g/mol. The maximum atomic E-state index is 6.03. The molecule has 3 rings (SSSR count). The minimum Gasteiger partial charge on any atom is -0.467 e. The summed E-state index contributed by atoms with van der Waals surface area (Å²) in [5.41, 5.74) is 8.89. The number of aryl methyl sites for hydroxylation is 1. The van der Waals surface area contributed by atoms with Crippen LogP contribution in [0, 0.1) is 6.92 Å². The highest BCUT2D eigenvalue weighted by Gasteiger charge is 2.10. The number of aromatic nitrogens is 1. The van der Waals surface area contributed by atoms with Crippen LogP contribution in [0.2, 0.25) is 0 Å². The third kappa shape index (κ3) is 2.20. The molecule has 20 heavy (non-hydrogen) atoms. The fourth-order valence-corrected chi connectivity index (χ4v) is 2.40. The number of nitrogens with two attached hydrogens (primary N) is 1.